The van der Waals surface area contributed by atoms with Crippen LogP contribution in [0.25, 0.3) is 0 Å². The highest BCUT2D eigenvalue weighted by molar-refractivity contribution is 7.17. The molecular formula is C17H18N2O3S. The van der Waals surface area contributed by atoms with Gasteiger partial charge in [0.1, 0.15) is 5.75 Å². The number of nitrogens with one attached hydrogen (secondary N) is 1. The van der Waals surface area contributed by atoms with Crippen molar-refractivity contribution in [2.24, 2.45) is 5.41 Å². The minimum Gasteiger partial charge on any atom is -0.497 e. The molecule has 0 aliphatic heterocycles. The second-order valence-electron chi connectivity index (χ2n) is 6.42. The SMILES string of the molecule is COc1cccc(C(=O)Nc2nc3c(s2)C(=O)CC(C)(C)C3)c1. The Kier molecular flexibility index (Phi) is 3.93. The van der Waals surface area contributed by atoms with E-state index in [1.54, 1.807) is 31.4 Å². The summed E-state index contributed by atoms with van der Waals surface area (Å²) in [4.78, 5) is 29.6. The maximum atomic E-state index is 12.3. The Morgan fingerprint density at radius 2 is 2.13 bits per heavy atom. The Balaban J connectivity index is 1.81. The lowest BCUT2D eigenvalue weighted by molar-refractivity contribution is 0.0915. The molecule has 1 N–H and O–H groups in total. The maximum absolute atomic E-state index is 12.3. The van der Waals surface area contributed by atoms with Crippen LogP contribution in [0.4, 0.5) is 5.13 Å². The Morgan fingerprint density at radius 1 is 1.35 bits per heavy atom. The Bertz CT molecular complexity index is 780. The monoisotopic (exact) mass is 330 g/mol. The lowest BCUT2D eigenvalue weighted by Crippen LogP contribution is -2.26. The van der Waals surface area contributed by atoms with E-state index in [2.05, 4.69) is 24.1 Å². The van der Waals surface area contributed by atoms with Gasteiger partial charge >= 0.3 is 0 Å². The molecule has 1 aromatic carbocycles. The predicted molar refractivity (Wildman–Crippen MR) is 89.5 cm³/mol. The van der Waals surface area contributed by atoms with Crippen molar-refractivity contribution in [3.05, 3.63) is 40.4 Å². The molecule has 1 heterocycles. The number of carbonyl (C=O) groups excluding carboxylic acids is 2. The number of ether oxygens (including phenoxy) is 1. The van der Waals surface area contributed by atoms with Gasteiger partial charge in [-0.15, -0.1) is 0 Å². The summed E-state index contributed by atoms with van der Waals surface area (Å²) in [7, 11) is 1.55. The Hall–Kier alpha value is -2.21. The molecule has 0 atom stereocenters. The average molecular weight is 330 g/mol. The summed E-state index contributed by atoms with van der Waals surface area (Å²) in [5, 5.41) is 3.24. The first-order valence-corrected chi connectivity index (χ1v) is 8.18. The van der Waals surface area contributed by atoms with Crippen molar-refractivity contribution in [1.29, 1.82) is 0 Å². The number of ketones is 1. The minimum atomic E-state index is -0.262. The van der Waals surface area contributed by atoms with Crippen molar-refractivity contribution in [3.63, 3.8) is 0 Å². The van der Waals surface area contributed by atoms with E-state index in [1.165, 1.54) is 11.3 Å². The van der Waals surface area contributed by atoms with Crippen LogP contribution in [0.1, 0.15) is 46.0 Å². The average Bonchev–Trinajstić information content (AvgIpc) is 2.88. The largest absolute Gasteiger partial charge is 0.497 e. The zero-order valence-electron chi connectivity index (χ0n) is 13.3. The number of Topliss-reactive ketones (excluding diaryl/α,β-unsaturated/α-hetero) is 1. The van der Waals surface area contributed by atoms with Crippen LogP contribution in [-0.2, 0) is 6.42 Å². The number of thiazole rings is 1. The quantitative estimate of drug-likeness (QED) is 0.934. The Labute approximate surface area is 138 Å². The van der Waals surface area contributed by atoms with Crippen LogP contribution >= 0.6 is 11.3 Å². The molecule has 1 aliphatic carbocycles. The number of hydrogen-bond donors (Lipinski definition) is 1. The van der Waals surface area contributed by atoms with Gasteiger partial charge in [-0.2, -0.15) is 0 Å². The van der Waals surface area contributed by atoms with E-state index in [4.69, 9.17) is 4.74 Å². The van der Waals surface area contributed by atoms with Crippen molar-refractivity contribution in [2.45, 2.75) is 26.7 Å². The van der Waals surface area contributed by atoms with Crippen molar-refractivity contribution < 1.29 is 14.3 Å². The van der Waals surface area contributed by atoms with E-state index in [0.717, 1.165) is 12.1 Å². The number of methoxy groups -OCH3 is 1. The van der Waals surface area contributed by atoms with E-state index in [-0.39, 0.29) is 17.1 Å². The predicted octanol–water partition coefficient (Wildman–Crippen LogP) is 3.56. The van der Waals surface area contributed by atoms with E-state index in [0.29, 0.717) is 27.7 Å². The van der Waals surface area contributed by atoms with Gasteiger partial charge in [0.2, 0.25) is 0 Å². The van der Waals surface area contributed by atoms with Crippen LogP contribution in [0, 0.1) is 5.41 Å². The summed E-state index contributed by atoms with van der Waals surface area (Å²) in [6.07, 6.45) is 1.27. The van der Waals surface area contributed by atoms with Crippen LogP contribution in [-0.4, -0.2) is 23.8 Å². The molecule has 0 saturated carbocycles. The Morgan fingerprint density at radius 3 is 2.87 bits per heavy atom. The molecule has 1 amide bonds. The van der Waals surface area contributed by atoms with E-state index >= 15 is 0 Å². The van der Waals surface area contributed by atoms with Crippen molar-refractivity contribution in [1.82, 2.24) is 4.98 Å². The van der Waals surface area contributed by atoms with Gasteiger partial charge in [0.25, 0.3) is 5.91 Å². The van der Waals surface area contributed by atoms with Gasteiger partial charge in [-0.3, -0.25) is 14.9 Å². The molecule has 1 aliphatic rings. The third-order valence-corrected chi connectivity index (χ3v) is 4.84. The molecule has 0 radical (unpaired) electrons. The summed E-state index contributed by atoms with van der Waals surface area (Å²) in [6, 6.07) is 6.91. The standard InChI is InChI=1S/C17H18N2O3S/c1-17(2)8-12-14(13(20)9-17)23-16(18-12)19-15(21)10-5-4-6-11(7-10)22-3/h4-7H,8-9H2,1-3H3,(H,18,19,21). The van der Waals surface area contributed by atoms with Gasteiger partial charge in [-0.1, -0.05) is 31.3 Å². The normalized spacial score (nSPS) is 15.9. The molecule has 120 valence electrons. The van der Waals surface area contributed by atoms with Crippen LogP contribution < -0.4 is 10.1 Å². The third kappa shape index (κ3) is 3.27. The van der Waals surface area contributed by atoms with Crippen LogP contribution in [0.15, 0.2) is 24.3 Å². The van der Waals surface area contributed by atoms with E-state index < -0.39 is 0 Å². The highest BCUT2D eigenvalue weighted by Gasteiger charge is 2.34. The summed E-state index contributed by atoms with van der Waals surface area (Å²) in [5.74, 6) is 0.463. The summed E-state index contributed by atoms with van der Waals surface area (Å²) in [5.41, 5.74) is 1.20. The molecule has 23 heavy (non-hydrogen) atoms. The number of carbonyl (C=O) groups is 2. The van der Waals surface area contributed by atoms with Crippen LogP contribution in [0.2, 0.25) is 0 Å². The molecule has 1 aromatic heterocycles. The number of hydrogen-bond acceptors (Lipinski definition) is 5. The lowest BCUT2D eigenvalue weighted by atomic mass is 9.78. The second-order valence-corrected chi connectivity index (χ2v) is 7.42. The summed E-state index contributed by atoms with van der Waals surface area (Å²) >= 11 is 1.25. The molecule has 6 heteroatoms. The number of nitrogens with zero attached hydrogens (tertiary/aromatic N) is 1. The van der Waals surface area contributed by atoms with Crippen LogP contribution in [0.5, 0.6) is 5.75 Å². The first-order chi connectivity index (χ1) is 10.9. The zero-order valence-corrected chi connectivity index (χ0v) is 14.1. The number of anilines is 1. The fourth-order valence-corrected chi connectivity index (χ4v) is 3.62. The number of rotatable bonds is 3. The fraction of sp³-hybridized carbons (Fsp3) is 0.353. The summed E-state index contributed by atoms with van der Waals surface area (Å²) in [6.45, 7) is 4.11. The van der Waals surface area contributed by atoms with Gasteiger partial charge in [0.15, 0.2) is 10.9 Å². The molecule has 0 bridgehead atoms. The van der Waals surface area contributed by atoms with Gasteiger partial charge < -0.3 is 4.74 Å². The number of amides is 1. The number of benzene rings is 1. The second kappa shape index (κ2) is 5.77. The van der Waals surface area contributed by atoms with Gasteiger partial charge in [-0.25, -0.2) is 4.98 Å². The molecule has 2 aromatic rings. The summed E-state index contributed by atoms with van der Waals surface area (Å²) < 4.78 is 5.12. The molecule has 0 spiro atoms. The van der Waals surface area contributed by atoms with Crippen molar-refractivity contribution in [2.75, 3.05) is 12.4 Å². The van der Waals surface area contributed by atoms with Crippen LogP contribution in [0.3, 0.4) is 0 Å². The molecule has 3 rings (SSSR count). The van der Waals surface area contributed by atoms with Crippen molar-refractivity contribution in [3.8, 4) is 5.75 Å². The smallest absolute Gasteiger partial charge is 0.257 e. The minimum absolute atomic E-state index is 0.0772. The number of aromatic nitrogens is 1. The van der Waals surface area contributed by atoms with Gasteiger partial charge in [0.05, 0.1) is 17.7 Å². The molecule has 5 nitrogen and oxygen atoms in total. The first kappa shape index (κ1) is 15.7. The molecule has 0 fully saturated rings. The van der Waals surface area contributed by atoms with Gasteiger partial charge in [-0.05, 0) is 30.0 Å². The van der Waals surface area contributed by atoms with E-state index in [1.807, 2.05) is 0 Å². The maximum Gasteiger partial charge on any atom is 0.257 e. The van der Waals surface area contributed by atoms with E-state index in [9.17, 15) is 9.59 Å². The third-order valence-electron chi connectivity index (χ3n) is 3.79. The first-order valence-electron chi connectivity index (χ1n) is 7.36. The van der Waals surface area contributed by atoms with Crippen molar-refractivity contribution >= 4 is 28.2 Å². The lowest BCUT2D eigenvalue weighted by Gasteiger charge is -2.26. The fourth-order valence-electron chi connectivity index (χ4n) is 2.71. The zero-order chi connectivity index (χ0) is 16.6. The van der Waals surface area contributed by atoms with Gasteiger partial charge in [0, 0.05) is 12.0 Å². The topological polar surface area (TPSA) is 68.3 Å². The molecule has 0 saturated heterocycles. The molecule has 0 unspecified atom stereocenters. The number of fused-ring (bicyclic) bond motifs is 1. The molecular weight excluding hydrogens is 312 g/mol. The highest BCUT2D eigenvalue weighted by atomic mass is 32.1. The highest BCUT2D eigenvalue weighted by Crippen LogP contribution is 2.38.